The predicted octanol–water partition coefficient (Wildman–Crippen LogP) is 3.25. The molecule has 0 atom stereocenters. The van der Waals surface area contributed by atoms with Gasteiger partial charge in [0, 0.05) is 25.6 Å². The van der Waals surface area contributed by atoms with Crippen molar-refractivity contribution in [1.82, 2.24) is 20.2 Å². The van der Waals surface area contributed by atoms with E-state index in [0.717, 1.165) is 49.3 Å². The van der Waals surface area contributed by atoms with Crippen LogP contribution in [0.1, 0.15) is 43.8 Å². The molecule has 1 saturated carbocycles. The Kier molecular flexibility index (Phi) is 3.93. The number of imidazole rings is 1. The lowest BCUT2D eigenvalue weighted by Gasteiger charge is -2.32. The molecule has 2 N–H and O–H groups in total. The normalized spacial score (nSPS) is 19.7. The molecule has 122 valence electrons. The summed E-state index contributed by atoms with van der Waals surface area (Å²) >= 11 is 0. The van der Waals surface area contributed by atoms with Crippen LogP contribution < -0.4 is 5.32 Å². The first-order valence-corrected chi connectivity index (χ1v) is 8.77. The SMILES string of the molecule is O=C(NCC1CCC1)N1CCC(c2nc3ccccc3[nH]2)CC1. The minimum absolute atomic E-state index is 0.111. The third kappa shape index (κ3) is 3.05. The van der Waals surface area contributed by atoms with E-state index in [4.69, 9.17) is 4.98 Å². The molecule has 1 aromatic carbocycles. The molecule has 2 aliphatic rings. The zero-order valence-electron chi connectivity index (χ0n) is 13.4. The molecule has 2 fully saturated rings. The number of para-hydroxylation sites is 2. The first kappa shape index (κ1) is 14.5. The van der Waals surface area contributed by atoms with Crippen molar-refractivity contribution in [2.75, 3.05) is 19.6 Å². The number of piperidine rings is 1. The number of carbonyl (C=O) groups excluding carboxylic acids is 1. The Balaban J connectivity index is 1.32. The summed E-state index contributed by atoms with van der Waals surface area (Å²) in [5.74, 6) is 2.21. The minimum Gasteiger partial charge on any atom is -0.342 e. The number of nitrogens with zero attached hydrogens (tertiary/aromatic N) is 2. The number of urea groups is 1. The van der Waals surface area contributed by atoms with Crippen molar-refractivity contribution in [3.05, 3.63) is 30.1 Å². The Hall–Kier alpha value is -2.04. The molecule has 1 aromatic heterocycles. The summed E-state index contributed by atoms with van der Waals surface area (Å²) in [5, 5.41) is 3.09. The average molecular weight is 312 g/mol. The van der Waals surface area contributed by atoms with Crippen LogP contribution >= 0.6 is 0 Å². The number of H-pyrrole nitrogens is 1. The van der Waals surface area contributed by atoms with Gasteiger partial charge in [0.05, 0.1) is 11.0 Å². The van der Waals surface area contributed by atoms with Crippen LogP contribution in [0.2, 0.25) is 0 Å². The highest BCUT2D eigenvalue weighted by molar-refractivity contribution is 5.75. The van der Waals surface area contributed by atoms with Gasteiger partial charge in [-0.2, -0.15) is 0 Å². The van der Waals surface area contributed by atoms with Crippen molar-refractivity contribution < 1.29 is 4.79 Å². The molecule has 0 spiro atoms. The van der Waals surface area contributed by atoms with E-state index in [9.17, 15) is 4.79 Å². The van der Waals surface area contributed by atoms with Crippen molar-refractivity contribution in [3.63, 3.8) is 0 Å². The van der Waals surface area contributed by atoms with Crippen LogP contribution in [-0.2, 0) is 0 Å². The number of fused-ring (bicyclic) bond motifs is 1. The number of aromatic nitrogens is 2. The molecule has 23 heavy (non-hydrogen) atoms. The van der Waals surface area contributed by atoms with E-state index in [-0.39, 0.29) is 6.03 Å². The number of likely N-dealkylation sites (tertiary alicyclic amines) is 1. The number of hydrogen-bond donors (Lipinski definition) is 2. The quantitative estimate of drug-likeness (QED) is 0.914. The molecule has 1 saturated heterocycles. The molecular formula is C18H24N4O. The van der Waals surface area contributed by atoms with E-state index in [1.165, 1.54) is 19.3 Å². The maximum absolute atomic E-state index is 12.2. The Morgan fingerprint density at radius 1 is 1.22 bits per heavy atom. The standard InChI is InChI=1S/C18H24N4O/c23-18(19-12-13-4-3-5-13)22-10-8-14(9-11-22)17-20-15-6-1-2-7-16(15)21-17/h1-2,6-7,13-14H,3-5,8-12H2,(H,19,23)(H,20,21). The number of carbonyl (C=O) groups is 1. The van der Waals surface area contributed by atoms with Crippen LogP contribution in [0.15, 0.2) is 24.3 Å². The fourth-order valence-electron chi connectivity index (χ4n) is 3.56. The highest BCUT2D eigenvalue weighted by atomic mass is 16.2. The molecular weight excluding hydrogens is 288 g/mol. The van der Waals surface area contributed by atoms with Gasteiger partial charge in [-0.15, -0.1) is 0 Å². The zero-order chi connectivity index (χ0) is 15.6. The van der Waals surface area contributed by atoms with Gasteiger partial charge >= 0.3 is 6.03 Å². The lowest BCUT2D eigenvalue weighted by Crippen LogP contribution is -2.46. The topological polar surface area (TPSA) is 61.0 Å². The van der Waals surface area contributed by atoms with Gasteiger partial charge in [0.15, 0.2) is 0 Å². The summed E-state index contributed by atoms with van der Waals surface area (Å²) in [6.07, 6.45) is 5.83. The van der Waals surface area contributed by atoms with Gasteiger partial charge in [0.25, 0.3) is 0 Å². The van der Waals surface area contributed by atoms with Crippen molar-refractivity contribution >= 4 is 17.1 Å². The molecule has 0 radical (unpaired) electrons. The van der Waals surface area contributed by atoms with Gasteiger partial charge in [-0.1, -0.05) is 18.6 Å². The van der Waals surface area contributed by atoms with Crippen LogP contribution in [-0.4, -0.2) is 40.5 Å². The summed E-state index contributed by atoms with van der Waals surface area (Å²) in [4.78, 5) is 22.3. The van der Waals surface area contributed by atoms with Crippen LogP contribution in [0.4, 0.5) is 4.79 Å². The van der Waals surface area contributed by atoms with Gasteiger partial charge in [0.1, 0.15) is 5.82 Å². The number of amides is 2. The molecule has 4 rings (SSSR count). The summed E-state index contributed by atoms with van der Waals surface area (Å²) in [7, 11) is 0. The smallest absolute Gasteiger partial charge is 0.317 e. The highest BCUT2D eigenvalue weighted by Gasteiger charge is 2.26. The highest BCUT2D eigenvalue weighted by Crippen LogP contribution is 2.28. The van der Waals surface area contributed by atoms with E-state index < -0.39 is 0 Å². The Morgan fingerprint density at radius 2 is 2.00 bits per heavy atom. The molecule has 0 unspecified atom stereocenters. The lowest BCUT2D eigenvalue weighted by molar-refractivity contribution is 0.175. The van der Waals surface area contributed by atoms with E-state index in [2.05, 4.69) is 16.4 Å². The maximum atomic E-state index is 12.2. The molecule has 2 heterocycles. The number of hydrogen-bond acceptors (Lipinski definition) is 2. The van der Waals surface area contributed by atoms with Gasteiger partial charge in [-0.05, 0) is 43.7 Å². The third-order valence-electron chi connectivity index (χ3n) is 5.34. The molecule has 5 nitrogen and oxygen atoms in total. The number of aromatic amines is 1. The molecule has 1 aliphatic carbocycles. The van der Waals surface area contributed by atoms with Crippen molar-refractivity contribution in [2.24, 2.45) is 5.92 Å². The molecule has 5 heteroatoms. The van der Waals surface area contributed by atoms with Crippen LogP contribution in [0.25, 0.3) is 11.0 Å². The van der Waals surface area contributed by atoms with Crippen LogP contribution in [0.5, 0.6) is 0 Å². The number of nitrogens with one attached hydrogen (secondary N) is 2. The van der Waals surface area contributed by atoms with Crippen molar-refractivity contribution in [2.45, 2.75) is 38.0 Å². The largest absolute Gasteiger partial charge is 0.342 e. The van der Waals surface area contributed by atoms with Gasteiger partial charge < -0.3 is 15.2 Å². The fourth-order valence-corrected chi connectivity index (χ4v) is 3.56. The first-order chi connectivity index (χ1) is 11.3. The van der Waals surface area contributed by atoms with Crippen molar-refractivity contribution in [1.29, 1.82) is 0 Å². The average Bonchev–Trinajstić information content (AvgIpc) is 2.97. The second-order valence-electron chi connectivity index (χ2n) is 6.88. The summed E-state index contributed by atoms with van der Waals surface area (Å²) in [6, 6.07) is 8.26. The van der Waals surface area contributed by atoms with Gasteiger partial charge in [-0.3, -0.25) is 0 Å². The zero-order valence-corrected chi connectivity index (χ0v) is 13.4. The third-order valence-corrected chi connectivity index (χ3v) is 5.34. The Bertz CT molecular complexity index is 650. The summed E-state index contributed by atoms with van der Waals surface area (Å²) < 4.78 is 0. The maximum Gasteiger partial charge on any atom is 0.317 e. The van der Waals surface area contributed by atoms with E-state index >= 15 is 0 Å². The van der Waals surface area contributed by atoms with Crippen LogP contribution in [0, 0.1) is 5.92 Å². The second-order valence-corrected chi connectivity index (χ2v) is 6.88. The number of rotatable bonds is 3. The summed E-state index contributed by atoms with van der Waals surface area (Å²) in [5.41, 5.74) is 2.13. The molecule has 1 aliphatic heterocycles. The second kappa shape index (κ2) is 6.22. The van der Waals surface area contributed by atoms with E-state index in [1.807, 2.05) is 23.1 Å². The Morgan fingerprint density at radius 3 is 2.70 bits per heavy atom. The molecule has 0 bridgehead atoms. The van der Waals surface area contributed by atoms with Crippen molar-refractivity contribution in [3.8, 4) is 0 Å². The minimum atomic E-state index is 0.111. The first-order valence-electron chi connectivity index (χ1n) is 8.77. The molecule has 2 aromatic rings. The fraction of sp³-hybridized carbons (Fsp3) is 0.556. The number of benzene rings is 1. The monoisotopic (exact) mass is 312 g/mol. The Labute approximate surface area is 136 Å². The van der Waals surface area contributed by atoms with E-state index in [1.54, 1.807) is 0 Å². The van der Waals surface area contributed by atoms with Crippen LogP contribution in [0.3, 0.4) is 0 Å². The van der Waals surface area contributed by atoms with Gasteiger partial charge in [0.2, 0.25) is 0 Å². The lowest BCUT2D eigenvalue weighted by atomic mass is 9.85. The molecule has 2 amide bonds. The van der Waals surface area contributed by atoms with Gasteiger partial charge in [-0.25, -0.2) is 9.78 Å². The van der Waals surface area contributed by atoms with E-state index in [0.29, 0.717) is 11.8 Å². The summed E-state index contributed by atoms with van der Waals surface area (Å²) in [6.45, 7) is 2.48. The predicted molar refractivity (Wildman–Crippen MR) is 90.4 cm³/mol.